The molecule has 0 saturated heterocycles. The molecular weight excluding hydrogens is 262 g/mol. The summed E-state index contributed by atoms with van der Waals surface area (Å²) in [6.45, 7) is 8.81. The van der Waals surface area contributed by atoms with E-state index in [-0.39, 0.29) is 5.91 Å². The third kappa shape index (κ3) is 4.45. The fourth-order valence-corrected chi connectivity index (χ4v) is 2.46. The first-order valence-corrected chi connectivity index (χ1v) is 8.15. The lowest BCUT2D eigenvalue weighted by Crippen LogP contribution is -2.34. The molecule has 1 heterocycles. The molecule has 1 amide bonds. The maximum Gasteiger partial charge on any atom is 0.257 e. The molecule has 0 unspecified atom stereocenters. The van der Waals surface area contributed by atoms with Gasteiger partial charge < -0.3 is 10.2 Å². The largest absolute Gasteiger partial charge is 0.384 e. The van der Waals surface area contributed by atoms with Gasteiger partial charge in [-0.05, 0) is 44.6 Å². The summed E-state index contributed by atoms with van der Waals surface area (Å²) in [5, 5.41) is 3.36. The van der Waals surface area contributed by atoms with Gasteiger partial charge >= 0.3 is 0 Å². The summed E-state index contributed by atoms with van der Waals surface area (Å²) in [5.74, 6) is 0.834. The smallest absolute Gasteiger partial charge is 0.257 e. The van der Waals surface area contributed by atoms with Crippen LogP contribution in [-0.2, 0) is 0 Å². The zero-order chi connectivity index (χ0) is 15.2. The van der Waals surface area contributed by atoms with Crippen molar-refractivity contribution in [3.8, 4) is 0 Å². The molecule has 0 spiro atoms. The Labute approximate surface area is 127 Å². The van der Waals surface area contributed by atoms with Crippen LogP contribution in [0, 0.1) is 12.8 Å². The van der Waals surface area contributed by atoms with Crippen molar-refractivity contribution >= 4 is 11.6 Å². The first-order valence-electron chi connectivity index (χ1n) is 8.15. The second-order valence-electron chi connectivity index (χ2n) is 5.99. The molecule has 1 saturated carbocycles. The number of nitrogens with one attached hydrogen (secondary N) is 1. The maximum atomic E-state index is 12.8. The minimum Gasteiger partial charge on any atom is -0.384 e. The van der Waals surface area contributed by atoms with Gasteiger partial charge in [0.15, 0.2) is 0 Å². The van der Waals surface area contributed by atoms with E-state index in [9.17, 15) is 4.79 Å². The Morgan fingerprint density at radius 3 is 2.76 bits per heavy atom. The SMILES string of the molecule is CCCNc1cc(C)ncc1C(=O)N(CCC)CC1CC1. The topological polar surface area (TPSA) is 45.2 Å². The minimum atomic E-state index is 0.120. The molecule has 0 atom stereocenters. The highest BCUT2D eigenvalue weighted by molar-refractivity contribution is 5.99. The van der Waals surface area contributed by atoms with Gasteiger partial charge in [-0.15, -0.1) is 0 Å². The Bertz CT molecular complexity index is 483. The third-order valence-corrected chi connectivity index (χ3v) is 3.79. The summed E-state index contributed by atoms with van der Waals surface area (Å²) in [5.41, 5.74) is 2.57. The lowest BCUT2D eigenvalue weighted by atomic mass is 10.1. The van der Waals surface area contributed by atoms with E-state index in [4.69, 9.17) is 0 Å². The summed E-state index contributed by atoms with van der Waals surface area (Å²) in [6, 6.07) is 1.98. The van der Waals surface area contributed by atoms with Gasteiger partial charge in [-0.2, -0.15) is 0 Å². The molecule has 4 nitrogen and oxygen atoms in total. The molecule has 0 radical (unpaired) electrons. The molecule has 1 N–H and O–H groups in total. The number of rotatable bonds is 8. The van der Waals surface area contributed by atoms with Crippen LogP contribution < -0.4 is 5.32 Å². The third-order valence-electron chi connectivity index (χ3n) is 3.79. The molecule has 1 aliphatic carbocycles. The zero-order valence-electron chi connectivity index (χ0n) is 13.5. The molecule has 1 aliphatic rings. The van der Waals surface area contributed by atoms with E-state index in [0.717, 1.165) is 43.9 Å². The average molecular weight is 289 g/mol. The van der Waals surface area contributed by atoms with Gasteiger partial charge in [0.2, 0.25) is 0 Å². The first kappa shape index (κ1) is 15.8. The second kappa shape index (κ2) is 7.43. The van der Waals surface area contributed by atoms with Crippen molar-refractivity contribution in [3.63, 3.8) is 0 Å². The van der Waals surface area contributed by atoms with Crippen molar-refractivity contribution in [2.24, 2.45) is 5.92 Å². The highest BCUT2D eigenvalue weighted by Gasteiger charge is 2.27. The Balaban J connectivity index is 2.18. The van der Waals surface area contributed by atoms with Gasteiger partial charge in [-0.25, -0.2) is 0 Å². The molecule has 0 aromatic carbocycles. The molecule has 2 rings (SSSR count). The summed E-state index contributed by atoms with van der Waals surface area (Å²) in [7, 11) is 0. The Morgan fingerprint density at radius 1 is 1.38 bits per heavy atom. The molecule has 116 valence electrons. The van der Waals surface area contributed by atoms with Crippen molar-refractivity contribution in [2.75, 3.05) is 25.0 Å². The standard InChI is InChI=1S/C17H27N3O/c1-4-8-18-16-10-13(3)19-11-15(16)17(21)20(9-5-2)12-14-6-7-14/h10-11,14H,4-9,12H2,1-3H3,(H,18,19). The highest BCUT2D eigenvalue weighted by atomic mass is 16.2. The number of carbonyl (C=O) groups is 1. The van der Waals surface area contributed by atoms with Crippen LogP contribution in [0.1, 0.15) is 55.6 Å². The van der Waals surface area contributed by atoms with E-state index in [1.54, 1.807) is 6.20 Å². The Hall–Kier alpha value is -1.58. The van der Waals surface area contributed by atoms with Crippen LogP contribution in [-0.4, -0.2) is 35.4 Å². The van der Waals surface area contributed by atoms with E-state index >= 15 is 0 Å². The van der Waals surface area contributed by atoms with Crippen molar-refractivity contribution < 1.29 is 4.79 Å². The minimum absolute atomic E-state index is 0.120. The number of aromatic nitrogens is 1. The number of aryl methyl sites for hydroxylation is 1. The van der Waals surface area contributed by atoms with Crippen LogP contribution >= 0.6 is 0 Å². The number of nitrogens with zero attached hydrogens (tertiary/aromatic N) is 2. The highest BCUT2D eigenvalue weighted by Crippen LogP contribution is 2.30. The van der Waals surface area contributed by atoms with Crippen LogP contribution in [0.2, 0.25) is 0 Å². The monoisotopic (exact) mass is 289 g/mol. The van der Waals surface area contributed by atoms with Crippen molar-refractivity contribution in [1.29, 1.82) is 0 Å². The normalized spacial score (nSPS) is 14.0. The van der Waals surface area contributed by atoms with Gasteiger partial charge in [-0.3, -0.25) is 9.78 Å². The molecular formula is C17H27N3O. The maximum absolute atomic E-state index is 12.8. The fraction of sp³-hybridized carbons (Fsp3) is 0.647. The predicted octanol–water partition coefficient (Wildman–Crippen LogP) is 3.47. The summed E-state index contributed by atoms with van der Waals surface area (Å²) >= 11 is 0. The number of hydrogen-bond donors (Lipinski definition) is 1. The molecule has 21 heavy (non-hydrogen) atoms. The quantitative estimate of drug-likeness (QED) is 0.797. The summed E-state index contributed by atoms with van der Waals surface area (Å²) in [4.78, 5) is 19.2. The molecule has 0 bridgehead atoms. The van der Waals surface area contributed by atoms with E-state index in [2.05, 4.69) is 24.1 Å². The van der Waals surface area contributed by atoms with Crippen molar-refractivity contribution in [2.45, 2.75) is 46.5 Å². The fourth-order valence-electron chi connectivity index (χ4n) is 2.46. The van der Waals surface area contributed by atoms with E-state index in [0.29, 0.717) is 11.5 Å². The molecule has 1 aromatic heterocycles. The molecule has 1 fully saturated rings. The van der Waals surface area contributed by atoms with E-state index < -0.39 is 0 Å². The van der Waals surface area contributed by atoms with Gasteiger partial charge in [0.05, 0.1) is 11.3 Å². The Morgan fingerprint density at radius 2 is 2.14 bits per heavy atom. The van der Waals surface area contributed by atoms with Crippen LogP contribution in [0.3, 0.4) is 0 Å². The molecule has 0 aliphatic heterocycles. The van der Waals surface area contributed by atoms with Gasteiger partial charge in [0.1, 0.15) is 0 Å². The number of hydrogen-bond acceptors (Lipinski definition) is 3. The van der Waals surface area contributed by atoms with Crippen LogP contribution in [0.4, 0.5) is 5.69 Å². The molecule has 4 heteroatoms. The van der Waals surface area contributed by atoms with Crippen LogP contribution in [0.25, 0.3) is 0 Å². The lowest BCUT2D eigenvalue weighted by molar-refractivity contribution is 0.0748. The van der Waals surface area contributed by atoms with Crippen LogP contribution in [0.15, 0.2) is 12.3 Å². The predicted molar refractivity (Wildman–Crippen MR) is 86.7 cm³/mol. The second-order valence-corrected chi connectivity index (χ2v) is 5.99. The van der Waals surface area contributed by atoms with Gasteiger partial charge in [-0.1, -0.05) is 13.8 Å². The zero-order valence-corrected chi connectivity index (χ0v) is 13.5. The lowest BCUT2D eigenvalue weighted by Gasteiger charge is -2.23. The number of carbonyl (C=O) groups excluding carboxylic acids is 1. The van der Waals surface area contributed by atoms with Crippen molar-refractivity contribution in [1.82, 2.24) is 9.88 Å². The Kier molecular flexibility index (Phi) is 5.59. The van der Waals surface area contributed by atoms with E-state index in [1.807, 2.05) is 17.9 Å². The van der Waals surface area contributed by atoms with Crippen molar-refractivity contribution in [3.05, 3.63) is 23.5 Å². The number of anilines is 1. The molecule has 1 aromatic rings. The summed E-state index contributed by atoms with van der Waals surface area (Å²) < 4.78 is 0. The van der Waals surface area contributed by atoms with Crippen LogP contribution in [0.5, 0.6) is 0 Å². The van der Waals surface area contributed by atoms with Gasteiger partial charge in [0.25, 0.3) is 5.91 Å². The van der Waals surface area contributed by atoms with Gasteiger partial charge in [0, 0.05) is 31.5 Å². The first-order chi connectivity index (χ1) is 10.2. The van der Waals surface area contributed by atoms with E-state index in [1.165, 1.54) is 12.8 Å². The summed E-state index contributed by atoms with van der Waals surface area (Å²) in [6.07, 6.45) is 6.29. The number of amides is 1. The number of pyridine rings is 1. The average Bonchev–Trinajstić information content (AvgIpc) is 3.28.